The highest BCUT2D eigenvalue weighted by Crippen LogP contribution is 2.24. The number of carbonyl (C=O) groups is 1. The van der Waals surface area contributed by atoms with Crippen molar-refractivity contribution in [1.29, 1.82) is 0 Å². The Hall–Kier alpha value is -1.63. The van der Waals surface area contributed by atoms with Gasteiger partial charge in [0.05, 0.1) is 15.5 Å². The summed E-state index contributed by atoms with van der Waals surface area (Å²) in [7, 11) is 0. The molecular formula is C12H14BrFN4O. The lowest BCUT2D eigenvalue weighted by Crippen LogP contribution is -2.28. The predicted molar refractivity (Wildman–Crippen MR) is 75.1 cm³/mol. The Bertz CT molecular complexity index is 626. The Kier molecular flexibility index (Phi) is 4.04. The summed E-state index contributed by atoms with van der Waals surface area (Å²) < 4.78 is 15.3. The molecule has 0 saturated heterocycles. The van der Waals surface area contributed by atoms with Crippen LogP contribution in [0, 0.1) is 5.82 Å². The van der Waals surface area contributed by atoms with E-state index in [4.69, 9.17) is 5.73 Å². The largest absolute Gasteiger partial charge is 0.369 e. The number of hydrogen-bond donors (Lipinski definition) is 2. The number of amides is 1. The van der Waals surface area contributed by atoms with Crippen LogP contribution in [0.3, 0.4) is 0 Å². The highest BCUT2D eigenvalue weighted by molar-refractivity contribution is 9.10. The molecule has 1 aromatic heterocycles. The molecule has 5 nitrogen and oxygen atoms in total. The number of anilines is 1. The minimum atomic E-state index is -0.410. The maximum absolute atomic E-state index is 13.4. The molecule has 102 valence electrons. The molecule has 0 aliphatic rings. The molecule has 7 heteroatoms. The second-order valence-electron chi connectivity index (χ2n) is 4.16. The number of rotatable bonds is 4. The normalized spacial score (nSPS) is 10.9. The first-order valence-corrected chi connectivity index (χ1v) is 6.69. The van der Waals surface area contributed by atoms with Gasteiger partial charge in [-0.05, 0) is 28.4 Å². The van der Waals surface area contributed by atoms with E-state index in [-0.39, 0.29) is 18.4 Å². The molecule has 0 aliphatic heterocycles. The fraction of sp³-hybridized carbons (Fsp3) is 0.333. The smallest absolute Gasteiger partial charge is 0.240 e. The second-order valence-corrected chi connectivity index (χ2v) is 5.02. The molecule has 0 spiro atoms. The lowest BCUT2D eigenvalue weighted by atomic mass is 10.3. The molecule has 0 saturated carbocycles. The van der Waals surface area contributed by atoms with Crippen LogP contribution in [0.15, 0.2) is 16.6 Å². The maximum atomic E-state index is 13.4. The van der Waals surface area contributed by atoms with Gasteiger partial charge < -0.3 is 15.6 Å². The van der Waals surface area contributed by atoms with E-state index in [1.54, 1.807) is 10.6 Å². The molecule has 2 aromatic rings. The Balaban J connectivity index is 2.34. The molecule has 19 heavy (non-hydrogen) atoms. The van der Waals surface area contributed by atoms with E-state index in [2.05, 4.69) is 26.2 Å². The first kappa shape index (κ1) is 13.8. The van der Waals surface area contributed by atoms with Crippen molar-refractivity contribution in [3.63, 3.8) is 0 Å². The summed E-state index contributed by atoms with van der Waals surface area (Å²) in [6.07, 6.45) is 0.864. The summed E-state index contributed by atoms with van der Waals surface area (Å²) in [5.41, 5.74) is 6.82. The van der Waals surface area contributed by atoms with Gasteiger partial charge in [-0.2, -0.15) is 0 Å². The third-order valence-corrected chi connectivity index (χ3v) is 3.30. The minimum absolute atomic E-state index is 0.0698. The van der Waals surface area contributed by atoms with E-state index < -0.39 is 5.82 Å². The van der Waals surface area contributed by atoms with Crippen LogP contribution in [0.2, 0.25) is 0 Å². The monoisotopic (exact) mass is 328 g/mol. The van der Waals surface area contributed by atoms with Crippen molar-refractivity contribution in [2.24, 2.45) is 0 Å². The number of benzene rings is 1. The summed E-state index contributed by atoms with van der Waals surface area (Å²) in [6.45, 7) is 2.66. The van der Waals surface area contributed by atoms with Crippen LogP contribution in [-0.4, -0.2) is 22.0 Å². The van der Waals surface area contributed by atoms with Crippen LogP contribution < -0.4 is 11.1 Å². The fourth-order valence-corrected chi connectivity index (χ4v) is 2.10. The van der Waals surface area contributed by atoms with E-state index in [0.29, 0.717) is 22.1 Å². The third kappa shape index (κ3) is 2.86. The van der Waals surface area contributed by atoms with Gasteiger partial charge in [0.1, 0.15) is 12.4 Å². The zero-order valence-electron chi connectivity index (χ0n) is 10.4. The molecule has 3 N–H and O–H groups in total. The lowest BCUT2D eigenvalue weighted by molar-refractivity contribution is -0.121. The number of hydrogen-bond acceptors (Lipinski definition) is 3. The van der Waals surface area contributed by atoms with Crippen LogP contribution in [0.5, 0.6) is 0 Å². The van der Waals surface area contributed by atoms with Gasteiger partial charge >= 0.3 is 0 Å². The number of nitrogens with zero attached hydrogens (tertiary/aromatic N) is 2. The van der Waals surface area contributed by atoms with Gasteiger partial charge in [-0.3, -0.25) is 4.79 Å². The van der Waals surface area contributed by atoms with Gasteiger partial charge in [-0.25, -0.2) is 9.37 Å². The maximum Gasteiger partial charge on any atom is 0.240 e. The average Bonchev–Trinajstić information content (AvgIpc) is 2.64. The number of halogens is 2. The number of imidazole rings is 1. The minimum Gasteiger partial charge on any atom is -0.369 e. The van der Waals surface area contributed by atoms with Crippen molar-refractivity contribution in [3.05, 3.63) is 22.4 Å². The zero-order valence-corrected chi connectivity index (χ0v) is 12.0. The second kappa shape index (κ2) is 5.56. The summed E-state index contributed by atoms with van der Waals surface area (Å²) in [5, 5.41) is 2.76. The van der Waals surface area contributed by atoms with Crippen molar-refractivity contribution >= 4 is 38.8 Å². The lowest BCUT2D eigenvalue weighted by Gasteiger charge is -2.07. The van der Waals surface area contributed by atoms with E-state index >= 15 is 0 Å². The van der Waals surface area contributed by atoms with Crippen LogP contribution in [0.25, 0.3) is 11.0 Å². The molecule has 1 amide bonds. The van der Waals surface area contributed by atoms with Gasteiger partial charge in [0, 0.05) is 12.6 Å². The van der Waals surface area contributed by atoms with Crippen molar-refractivity contribution in [1.82, 2.24) is 14.9 Å². The number of aromatic nitrogens is 2. The van der Waals surface area contributed by atoms with E-state index in [1.165, 1.54) is 6.07 Å². The molecule has 2 rings (SSSR count). The molecule has 0 unspecified atom stereocenters. The SMILES string of the molecule is CCCNC(=O)Cn1c(N)nc2cc(F)c(Br)cc21. The highest BCUT2D eigenvalue weighted by Gasteiger charge is 2.13. The summed E-state index contributed by atoms with van der Waals surface area (Å²) in [6, 6.07) is 2.86. The standard InChI is InChI=1S/C12H14BrFN4O/c1-2-3-16-11(19)6-18-10-4-7(13)8(14)5-9(10)17-12(18)15/h4-5H,2-3,6H2,1H3,(H2,15,17)(H,16,19). The Labute approximate surface area is 118 Å². The van der Waals surface area contributed by atoms with E-state index in [1.807, 2.05) is 6.92 Å². The predicted octanol–water partition coefficient (Wildman–Crippen LogP) is 2.05. The molecule has 0 atom stereocenters. The Morgan fingerprint density at radius 1 is 1.58 bits per heavy atom. The van der Waals surface area contributed by atoms with E-state index in [0.717, 1.165) is 6.42 Å². The number of nitrogens with one attached hydrogen (secondary N) is 1. The first-order valence-electron chi connectivity index (χ1n) is 5.90. The Morgan fingerprint density at radius 3 is 3.00 bits per heavy atom. The van der Waals surface area contributed by atoms with Gasteiger partial charge in [-0.15, -0.1) is 0 Å². The van der Waals surface area contributed by atoms with Crippen molar-refractivity contribution in [2.45, 2.75) is 19.9 Å². The van der Waals surface area contributed by atoms with Crippen LogP contribution >= 0.6 is 15.9 Å². The zero-order chi connectivity index (χ0) is 14.0. The van der Waals surface area contributed by atoms with Crippen molar-refractivity contribution in [2.75, 3.05) is 12.3 Å². The highest BCUT2D eigenvalue weighted by atomic mass is 79.9. The van der Waals surface area contributed by atoms with Crippen LogP contribution in [0.1, 0.15) is 13.3 Å². The third-order valence-electron chi connectivity index (χ3n) is 2.69. The number of nitrogens with two attached hydrogens (primary N) is 1. The van der Waals surface area contributed by atoms with Gasteiger partial charge in [0.15, 0.2) is 0 Å². The van der Waals surface area contributed by atoms with Crippen molar-refractivity contribution in [3.8, 4) is 0 Å². The molecule has 0 aliphatic carbocycles. The number of nitrogen functional groups attached to an aromatic ring is 1. The first-order chi connectivity index (χ1) is 9.02. The number of carbonyl (C=O) groups excluding carboxylic acids is 1. The summed E-state index contributed by atoms with van der Waals surface area (Å²) in [4.78, 5) is 15.8. The van der Waals surface area contributed by atoms with Gasteiger partial charge in [0.2, 0.25) is 11.9 Å². The molecular weight excluding hydrogens is 315 g/mol. The summed E-state index contributed by atoms with van der Waals surface area (Å²) in [5.74, 6) is -0.361. The van der Waals surface area contributed by atoms with E-state index in [9.17, 15) is 9.18 Å². The van der Waals surface area contributed by atoms with Gasteiger partial charge in [-0.1, -0.05) is 6.92 Å². The van der Waals surface area contributed by atoms with Gasteiger partial charge in [0.25, 0.3) is 0 Å². The molecule has 1 aromatic carbocycles. The fourth-order valence-electron chi connectivity index (χ4n) is 1.77. The van der Waals surface area contributed by atoms with Crippen LogP contribution in [-0.2, 0) is 11.3 Å². The summed E-state index contributed by atoms with van der Waals surface area (Å²) >= 11 is 3.11. The molecule has 1 heterocycles. The van der Waals surface area contributed by atoms with Crippen molar-refractivity contribution < 1.29 is 9.18 Å². The quantitative estimate of drug-likeness (QED) is 0.902. The average molecular weight is 329 g/mol. The Morgan fingerprint density at radius 2 is 2.32 bits per heavy atom. The topological polar surface area (TPSA) is 72.9 Å². The number of fused-ring (bicyclic) bond motifs is 1. The molecule has 0 fully saturated rings. The van der Waals surface area contributed by atoms with Crippen LogP contribution in [0.4, 0.5) is 10.3 Å². The molecule has 0 radical (unpaired) electrons. The molecule has 0 bridgehead atoms.